The number of hydrogen-bond donors (Lipinski definition) is 4. The van der Waals surface area contributed by atoms with Crippen LogP contribution in [0.25, 0.3) is 33.4 Å². The van der Waals surface area contributed by atoms with Crippen LogP contribution >= 0.6 is 0 Å². The molecule has 0 aliphatic carbocycles. The number of alkyl halides is 1. The fraction of sp³-hybridized carbons (Fsp3) is 0.444. The molecule has 0 spiro atoms. The third-order valence-corrected chi connectivity index (χ3v) is 13.5. The summed E-state index contributed by atoms with van der Waals surface area (Å²) in [5.41, 5.74) is 5.58. The van der Waals surface area contributed by atoms with Gasteiger partial charge < -0.3 is 63.7 Å². The Kier molecular flexibility index (Phi) is 16.9. The summed E-state index contributed by atoms with van der Waals surface area (Å²) in [6, 6.07) is 18.9. The standard InChI is InChI=1S/C54H66FN9O10/c1-9-56-49(44-28-36(55)30-63(44)51(66)47(32(4)5)61-54(68)71-8)58-37-16-18-41-35(24-37)26-43-39-17-15-33(27-45(39)74-52(64(41)43)34-12-10-13-38(25-34)73-23-22-72-21-20-69-6)40-29-57-48(59-40)42-14-11-19-62(42)50(65)46(31(2)3)60-53(67)70-7/h9-10,12-13,15-18,24-27,29,31-32,36,42,44,46-47,52H,1,11,14,19-23,28,30H2,2-8H3,(H,56,58)(H,57,59)(H,60,67)(H,61,68). The number of amides is 4. The molecule has 5 heterocycles. The van der Waals surface area contributed by atoms with Gasteiger partial charge in [-0.1, -0.05) is 52.5 Å². The number of likely N-dealkylation sites (tertiary alicyclic amines) is 2. The van der Waals surface area contributed by atoms with Gasteiger partial charge in [-0.15, -0.1) is 0 Å². The number of ether oxygens (including phenoxy) is 6. The highest BCUT2D eigenvalue weighted by molar-refractivity contribution is 6.04. The molecule has 2 aromatic heterocycles. The molecule has 20 heteroatoms. The van der Waals surface area contributed by atoms with Crippen LogP contribution in [-0.4, -0.2) is 139 Å². The van der Waals surface area contributed by atoms with E-state index >= 15 is 4.39 Å². The van der Waals surface area contributed by atoms with E-state index in [1.807, 2.05) is 74.5 Å². The molecule has 0 bridgehead atoms. The highest BCUT2D eigenvalue weighted by Gasteiger charge is 2.43. The number of rotatable bonds is 19. The monoisotopic (exact) mass is 1020 g/mol. The average molecular weight is 1020 g/mol. The van der Waals surface area contributed by atoms with Gasteiger partial charge in [0.05, 0.1) is 75.8 Å². The van der Waals surface area contributed by atoms with Gasteiger partial charge in [0.1, 0.15) is 48.0 Å². The summed E-state index contributed by atoms with van der Waals surface area (Å²) in [7, 11) is 4.12. The number of benzene rings is 3. The zero-order chi connectivity index (χ0) is 52.6. The predicted molar refractivity (Wildman–Crippen MR) is 277 cm³/mol. The molecule has 3 aliphatic heterocycles. The molecular weight excluding hydrogens is 954 g/mol. The topological polar surface area (TPSA) is 212 Å². The fourth-order valence-electron chi connectivity index (χ4n) is 9.84. The molecule has 3 aliphatic rings. The van der Waals surface area contributed by atoms with Crippen LogP contribution in [0.3, 0.4) is 0 Å². The molecule has 6 unspecified atom stereocenters. The Balaban J connectivity index is 1.12. The van der Waals surface area contributed by atoms with E-state index in [1.165, 1.54) is 25.3 Å². The van der Waals surface area contributed by atoms with Gasteiger partial charge in [0.25, 0.3) is 0 Å². The van der Waals surface area contributed by atoms with E-state index < -0.39 is 48.6 Å². The molecule has 2 fully saturated rings. The minimum Gasteiger partial charge on any atom is -0.491 e. The van der Waals surface area contributed by atoms with Crippen LogP contribution < -0.4 is 25.4 Å². The number of hydrogen-bond acceptors (Lipinski definition) is 12. The molecule has 19 nitrogen and oxygen atoms in total. The van der Waals surface area contributed by atoms with Gasteiger partial charge in [0.15, 0.2) is 0 Å². The number of carbonyl (C=O) groups excluding carboxylic acids is 4. The van der Waals surface area contributed by atoms with Crippen molar-refractivity contribution in [1.82, 2.24) is 35.0 Å². The maximum absolute atomic E-state index is 15.3. The number of alkyl carbamates (subject to hydrolysis) is 2. The molecule has 4 N–H and O–H groups in total. The van der Waals surface area contributed by atoms with Crippen molar-refractivity contribution in [2.24, 2.45) is 16.8 Å². The van der Waals surface area contributed by atoms with Crippen LogP contribution in [-0.2, 0) is 28.5 Å². The minimum atomic E-state index is -1.33. The number of amidine groups is 1. The number of carbonyl (C=O) groups is 4. The molecular formula is C54H66FN9O10. The van der Waals surface area contributed by atoms with Gasteiger partial charge in [-0.3, -0.25) is 9.59 Å². The summed E-state index contributed by atoms with van der Waals surface area (Å²) in [4.78, 5) is 68.3. The SMILES string of the molecule is C=CN=C(Nc1ccc2c(c1)cc1n2C(c2cccc(OCCOCCOC)c2)Oc2cc(-c3cnc(C4CCCN4C(=O)C(NC(=O)OC)C(C)C)[nH]3)ccc2-1)C1CC(F)CN1C(=O)C(NC(=O)OC)C(C)C. The lowest BCUT2D eigenvalue weighted by Crippen LogP contribution is -2.54. The van der Waals surface area contributed by atoms with Crippen molar-refractivity contribution in [1.29, 1.82) is 0 Å². The second-order valence-corrected chi connectivity index (χ2v) is 19.1. The van der Waals surface area contributed by atoms with E-state index in [4.69, 9.17) is 33.4 Å². The summed E-state index contributed by atoms with van der Waals surface area (Å²) in [5, 5.41) is 9.56. The first-order valence-electron chi connectivity index (χ1n) is 24.9. The van der Waals surface area contributed by atoms with Gasteiger partial charge in [0, 0.05) is 54.0 Å². The Morgan fingerprint density at radius 2 is 1.64 bits per heavy atom. The highest BCUT2D eigenvalue weighted by atomic mass is 19.1. The third kappa shape index (κ3) is 11.5. The number of aromatic nitrogens is 3. The van der Waals surface area contributed by atoms with Crippen molar-refractivity contribution in [3.63, 3.8) is 0 Å². The molecule has 74 heavy (non-hydrogen) atoms. The minimum absolute atomic E-state index is 0.00782. The van der Waals surface area contributed by atoms with Crippen LogP contribution in [0.15, 0.2) is 90.7 Å². The molecule has 8 rings (SSSR count). The Morgan fingerprint density at radius 3 is 2.34 bits per heavy atom. The van der Waals surface area contributed by atoms with Crippen LogP contribution in [0, 0.1) is 11.8 Å². The molecule has 394 valence electrons. The van der Waals surface area contributed by atoms with Gasteiger partial charge in [-0.2, -0.15) is 0 Å². The number of methoxy groups -OCH3 is 3. The third-order valence-electron chi connectivity index (χ3n) is 13.5. The van der Waals surface area contributed by atoms with Crippen molar-refractivity contribution in [2.45, 2.75) is 83.5 Å². The average Bonchev–Trinajstić information content (AvgIpc) is 4.24. The summed E-state index contributed by atoms with van der Waals surface area (Å²) in [5.74, 6) is 1.10. The van der Waals surface area contributed by atoms with E-state index in [-0.39, 0.29) is 36.8 Å². The van der Waals surface area contributed by atoms with Gasteiger partial charge in [-0.05, 0) is 73.2 Å². The van der Waals surface area contributed by atoms with Crippen LogP contribution in [0.1, 0.15) is 70.6 Å². The second kappa shape index (κ2) is 23.6. The highest BCUT2D eigenvalue weighted by Crippen LogP contribution is 2.46. The largest absolute Gasteiger partial charge is 0.491 e. The van der Waals surface area contributed by atoms with Crippen LogP contribution in [0.4, 0.5) is 19.7 Å². The number of imidazole rings is 1. The van der Waals surface area contributed by atoms with E-state index in [9.17, 15) is 19.2 Å². The Bertz CT molecular complexity index is 2860. The van der Waals surface area contributed by atoms with Gasteiger partial charge in [0.2, 0.25) is 18.0 Å². The second-order valence-electron chi connectivity index (χ2n) is 19.1. The summed E-state index contributed by atoms with van der Waals surface area (Å²) in [6.45, 7) is 13.2. The number of fused-ring (bicyclic) bond motifs is 5. The number of H-pyrrole nitrogens is 1. The molecule has 3 aromatic carbocycles. The van der Waals surface area contributed by atoms with E-state index in [2.05, 4.69) is 43.1 Å². The maximum Gasteiger partial charge on any atom is 0.407 e. The van der Waals surface area contributed by atoms with E-state index in [0.717, 1.165) is 45.4 Å². The molecule has 6 atom stereocenters. The molecule has 2 saturated heterocycles. The number of halogens is 1. The Labute approximate surface area is 429 Å². The lowest BCUT2D eigenvalue weighted by atomic mass is 10.0. The first-order chi connectivity index (χ1) is 35.7. The zero-order valence-corrected chi connectivity index (χ0v) is 42.9. The number of aliphatic imine (C=N–C) groups is 1. The quantitative estimate of drug-likeness (QED) is 0.0352. The van der Waals surface area contributed by atoms with E-state index in [1.54, 1.807) is 32.1 Å². The van der Waals surface area contributed by atoms with Gasteiger partial charge in [-0.25, -0.2) is 24.0 Å². The fourth-order valence-corrected chi connectivity index (χ4v) is 9.84. The first kappa shape index (κ1) is 52.9. The van der Waals surface area contributed by atoms with Crippen molar-refractivity contribution in [3.05, 3.63) is 97.1 Å². The molecule has 4 amide bonds. The summed E-state index contributed by atoms with van der Waals surface area (Å²) >= 11 is 0. The number of anilines is 1. The summed E-state index contributed by atoms with van der Waals surface area (Å²) < 4.78 is 51.0. The molecule has 5 aromatic rings. The van der Waals surface area contributed by atoms with Crippen molar-refractivity contribution in [3.8, 4) is 34.0 Å². The lowest BCUT2D eigenvalue weighted by Gasteiger charge is -2.31. The van der Waals surface area contributed by atoms with Crippen molar-refractivity contribution < 1.29 is 52.0 Å². The smallest absolute Gasteiger partial charge is 0.407 e. The van der Waals surface area contributed by atoms with Crippen molar-refractivity contribution >= 4 is 46.4 Å². The summed E-state index contributed by atoms with van der Waals surface area (Å²) in [6.07, 6.45) is 1.19. The van der Waals surface area contributed by atoms with Crippen LogP contribution in [0.5, 0.6) is 11.5 Å². The number of nitrogens with one attached hydrogen (secondary N) is 4. The molecule has 0 saturated carbocycles. The maximum atomic E-state index is 15.3. The van der Waals surface area contributed by atoms with Crippen molar-refractivity contribution in [2.75, 3.05) is 66.2 Å². The molecule has 0 radical (unpaired) electrons. The van der Waals surface area contributed by atoms with Crippen LogP contribution in [0.2, 0.25) is 0 Å². The zero-order valence-electron chi connectivity index (χ0n) is 42.9. The Hall–Kier alpha value is -7.45. The Morgan fingerprint density at radius 1 is 0.905 bits per heavy atom. The number of nitrogens with zero attached hydrogens (tertiary/aromatic N) is 5. The normalized spacial score (nSPS) is 19.1. The first-order valence-corrected chi connectivity index (χ1v) is 24.9. The van der Waals surface area contributed by atoms with Gasteiger partial charge >= 0.3 is 12.2 Å². The lowest BCUT2D eigenvalue weighted by molar-refractivity contribution is -0.135. The van der Waals surface area contributed by atoms with E-state index in [0.29, 0.717) is 68.2 Å². The predicted octanol–water partition coefficient (Wildman–Crippen LogP) is 8.00. The number of aromatic amines is 1.